The number of aromatic nitrogens is 3. The van der Waals surface area contributed by atoms with Gasteiger partial charge in [0, 0.05) is 69.2 Å². The van der Waals surface area contributed by atoms with Crippen LogP contribution in [-0.4, -0.2) is 90.2 Å². The lowest BCUT2D eigenvalue weighted by molar-refractivity contribution is 0.0794. The smallest absolute Gasteiger partial charge is 0.243 e. The fraction of sp³-hybridized carbons (Fsp3) is 0.415. The fourth-order valence-electron chi connectivity index (χ4n) is 7.23. The number of ether oxygens (including phenoxy) is 1. The first-order chi connectivity index (χ1) is 25.1. The number of piperazine rings is 1. The highest BCUT2D eigenvalue weighted by Crippen LogP contribution is 2.26. The Morgan fingerprint density at radius 1 is 0.981 bits per heavy atom. The maximum Gasteiger partial charge on any atom is 0.243 e. The van der Waals surface area contributed by atoms with Gasteiger partial charge in [-0.25, -0.2) is 13.4 Å². The molecule has 0 amide bonds. The lowest BCUT2D eigenvalue weighted by atomic mass is 9.99. The number of rotatable bonds is 16. The van der Waals surface area contributed by atoms with Crippen molar-refractivity contribution in [3.8, 4) is 11.1 Å². The lowest BCUT2D eigenvalue weighted by Gasteiger charge is -2.39. The molecule has 9 nitrogen and oxygen atoms in total. The van der Waals surface area contributed by atoms with Gasteiger partial charge in [0.15, 0.2) is 0 Å². The third-order valence-corrected chi connectivity index (χ3v) is 12.2. The van der Waals surface area contributed by atoms with Gasteiger partial charge in [0.2, 0.25) is 10.0 Å². The Hall–Kier alpha value is -3.64. The van der Waals surface area contributed by atoms with Gasteiger partial charge < -0.3 is 14.6 Å². The minimum Gasteiger partial charge on any atom is -0.380 e. The number of benzene rings is 3. The number of hydrogen-bond acceptors (Lipinski definition) is 7. The second-order valence-corrected chi connectivity index (χ2v) is 16.4. The summed E-state index contributed by atoms with van der Waals surface area (Å²) in [4.78, 5) is 11.6. The highest BCUT2D eigenvalue weighted by Gasteiger charge is 2.33. The predicted octanol–water partition coefficient (Wildman–Crippen LogP) is 7.07. The first-order valence-electron chi connectivity index (χ1n) is 18.4. The highest BCUT2D eigenvalue weighted by atomic mass is 35.5. The first-order valence-corrected chi connectivity index (χ1v) is 20.2. The summed E-state index contributed by atoms with van der Waals surface area (Å²) in [6.07, 6.45) is 5.12. The molecule has 1 N–H and O–H groups in total. The number of hydrogen-bond donors (Lipinski definition) is 1. The molecule has 276 valence electrons. The van der Waals surface area contributed by atoms with Gasteiger partial charge in [-0.1, -0.05) is 74.0 Å². The Bertz CT molecular complexity index is 2000. The van der Waals surface area contributed by atoms with Crippen molar-refractivity contribution in [1.82, 2.24) is 29.1 Å². The van der Waals surface area contributed by atoms with Crippen LogP contribution in [-0.2, 0) is 27.7 Å². The summed E-state index contributed by atoms with van der Waals surface area (Å²) in [6.45, 7) is 13.3. The molecule has 1 aliphatic rings. The van der Waals surface area contributed by atoms with Gasteiger partial charge in [-0.05, 0) is 85.2 Å². The summed E-state index contributed by atoms with van der Waals surface area (Å²) in [5, 5.41) is 4.30. The van der Waals surface area contributed by atoms with Crippen LogP contribution in [0.1, 0.15) is 44.1 Å². The van der Waals surface area contributed by atoms with Crippen LogP contribution in [0.3, 0.4) is 0 Å². The first kappa shape index (κ1) is 38.1. The van der Waals surface area contributed by atoms with E-state index >= 15 is 0 Å². The van der Waals surface area contributed by atoms with E-state index in [0.717, 1.165) is 64.6 Å². The molecule has 0 unspecified atom stereocenters. The van der Waals surface area contributed by atoms with Gasteiger partial charge in [0.05, 0.1) is 23.2 Å². The molecule has 52 heavy (non-hydrogen) atoms. The normalized spacial score (nSPS) is 16.2. The van der Waals surface area contributed by atoms with E-state index in [1.54, 1.807) is 28.8 Å². The molecule has 0 saturated carbocycles. The summed E-state index contributed by atoms with van der Waals surface area (Å²) in [5.41, 5.74) is 6.40. The topological polar surface area (TPSA) is 92.6 Å². The average Bonchev–Trinajstić information content (AvgIpc) is 3.46. The van der Waals surface area contributed by atoms with Crippen molar-refractivity contribution in [2.24, 2.45) is 5.92 Å². The van der Waals surface area contributed by atoms with Gasteiger partial charge in [0.1, 0.15) is 11.3 Å². The number of pyridine rings is 1. The van der Waals surface area contributed by atoms with E-state index in [1.165, 1.54) is 5.56 Å². The van der Waals surface area contributed by atoms with Crippen LogP contribution in [0.4, 0.5) is 0 Å². The Morgan fingerprint density at radius 3 is 2.37 bits per heavy atom. The molecule has 5 aromatic rings. The third-order valence-electron chi connectivity index (χ3n) is 9.96. The van der Waals surface area contributed by atoms with Crippen LogP contribution in [0.15, 0.2) is 96.2 Å². The van der Waals surface area contributed by atoms with E-state index in [9.17, 15) is 8.42 Å². The molecule has 2 atom stereocenters. The number of nitrogens with one attached hydrogen (secondary N) is 1. The Kier molecular flexibility index (Phi) is 12.8. The maximum absolute atomic E-state index is 14.6. The minimum atomic E-state index is -3.83. The molecule has 2 aromatic heterocycles. The van der Waals surface area contributed by atoms with Gasteiger partial charge in [0.25, 0.3) is 0 Å². The van der Waals surface area contributed by atoms with Gasteiger partial charge >= 0.3 is 0 Å². The molecule has 1 saturated heterocycles. The maximum atomic E-state index is 14.6. The van der Waals surface area contributed by atoms with Gasteiger partial charge in [-0.3, -0.25) is 9.88 Å². The third kappa shape index (κ3) is 9.28. The zero-order valence-corrected chi connectivity index (χ0v) is 32.3. The zero-order chi connectivity index (χ0) is 36.7. The molecular weight excluding hydrogens is 692 g/mol. The molecule has 0 aliphatic carbocycles. The van der Waals surface area contributed by atoms with Crippen LogP contribution < -0.4 is 5.32 Å². The van der Waals surface area contributed by atoms with E-state index < -0.39 is 10.0 Å². The summed E-state index contributed by atoms with van der Waals surface area (Å²) in [6, 6.07) is 25.9. The van der Waals surface area contributed by atoms with Crippen molar-refractivity contribution in [1.29, 1.82) is 0 Å². The van der Waals surface area contributed by atoms with Crippen LogP contribution in [0.5, 0.6) is 0 Å². The number of sulfonamides is 1. The quantitative estimate of drug-likeness (QED) is 0.116. The Morgan fingerprint density at radius 2 is 1.67 bits per heavy atom. The van der Waals surface area contributed by atoms with E-state index in [1.807, 2.05) is 56.3 Å². The highest BCUT2D eigenvalue weighted by molar-refractivity contribution is 7.89. The SMILES string of the molecule is CCOC[C@H](CC(C)C)N(CCN1CCNC[C@H]1Cc1ccc(-c2ccc(Cl)cc2)cc1)S(=O)(=O)c1ccc(Cn2c(C)nc3cnccc32)cc1. The number of aryl methyl sites for hydroxylation is 1. The molecule has 1 aliphatic heterocycles. The summed E-state index contributed by atoms with van der Waals surface area (Å²) < 4.78 is 39.0. The molecule has 3 aromatic carbocycles. The monoisotopic (exact) mass is 742 g/mol. The van der Waals surface area contributed by atoms with E-state index in [4.69, 9.17) is 16.3 Å². The molecule has 3 heterocycles. The van der Waals surface area contributed by atoms with E-state index in [2.05, 4.69) is 62.9 Å². The number of fused-ring (bicyclic) bond motifs is 1. The number of nitrogens with zero attached hydrogens (tertiary/aromatic N) is 5. The molecule has 6 rings (SSSR count). The molecule has 11 heteroatoms. The predicted molar refractivity (Wildman–Crippen MR) is 210 cm³/mol. The molecule has 0 spiro atoms. The molecule has 1 fully saturated rings. The summed E-state index contributed by atoms with van der Waals surface area (Å²) in [5.74, 6) is 1.19. The van der Waals surface area contributed by atoms with Crippen molar-refractivity contribution in [2.45, 2.75) is 64.1 Å². The summed E-state index contributed by atoms with van der Waals surface area (Å²) >= 11 is 6.10. The number of imidazole rings is 1. The van der Waals surface area contributed by atoms with Crippen molar-refractivity contribution >= 4 is 32.7 Å². The van der Waals surface area contributed by atoms with Crippen LogP contribution in [0.25, 0.3) is 22.2 Å². The second-order valence-electron chi connectivity index (χ2n) is 14.1. The standard InChI is InChI=1S/C41H51ClN6O3S/c1-5-51-29-38(24-30(2)3)48(52(49,50)39-16-8-33(9-17-39)28-47-31(4)45-40-27-43-19-18-41(40)47)23-22-46-21-20-44-26-37(46)25-32-6-10-34(11-7-32)35-12-14-36(42)15-13-35/h6-19,27,30,37-38,44H,5,20-26,28-29H2,1-4H3/t37-,38+/m1/s1. The average molecular weight is 743 g/mol. The van der Waals surface area contributed by atoms with Crippen molar-refractivity contribution in [3.05, 3.63) is 113 Å². The Labute approximate surface area is 314 Å². The van der Waals surface area contributed by atoms with E-state index in [-0.39, 0.29) is 12.1 Å². The van der Waals surface area contributed by atoms with Crippen molar-refractivity contribution in [3.63, 3.8) is 0 Å². The number of halogens is 1. The lowest BCUT2D eigenvalue weighted by Crippen LogP contribution is -2.55. The van der Waals surface area contributed by atoms with E-state index in [0.29, 0.717) is 50.1 Å². The van der Waals surface area contributed by atoms with Crippen molar-refractivity contribution in [2.75, 3.05) is 45.9 Å². The second kappa shape index (κ2) is 17.5. The van der Waals surface area contributed by atoms with Gasteiger partial charge in [-0.2, -0.15) is 4.31 Å². The van der Waals surface area contributed by atoms with Crippen LogP contribution in [0.2, 0.25) is 5.02 Å². The minimum absolute atomic E-state index is 0.243. The molecule has 0 bridgehead atoms. The molecule has 0 radical (unpaired) electrons. The van der Waals surface area contributed by atoms with Crippen molar-refractivity contribution < 1.29 is 13.2 Å². The largest absolute Gasteiger partial charge is 0.380 e. The fourth-order valence-corrected chi connectivity index (χ4v) is 8.96. The van der Waals surface area contributed by atoms with Gasteiger partial charge in [-0.15, -0.1) is 0 Å². The zero-order valence-electron chi connectivity index (χ0n) is 30.7. The summed E-state index contributed by atoms with van der Waals surface area (Å²) in [7, 11) is -3.83. The molecular formula is C41H51ClN6O3S. The van der Waals surface area contributed by atoms with Crippen LogP contribution in [0, 0.1) is 12.8 Å². The Balaban J connectivity index is 1.20. The van der Waals surface area contributed by atoms with Crippen LogP contribution >= 0.6 is 11.6 Å².